The van der Waals surface area contributed by atoms with Gasteiger partial charge in [-0.1, -0.05) is 51.5 Å². The van der Waals surface area contributed by atoms with Crippen LogP contribution in [0.4, 0.5) is 5.13 Å². The first-order chi connectivity index (χ1) is 15.6. The summed E-state index contributed by atoms with van der Waals surface area (Å²) in [4.78, 5) is 10.9. The third-order valence-electron chi connectivity index (χ3n) is 5.14. The van der Waals surface area contributed by atoms with Crippen LogP contribution in [0.1, 0.15) is 4.88 Å². The summed E-state index contributed by atoms with van der Waals surface area (Å²) in [7, 11) is 1.66. The van der Waals surface area contributed by atoms with Gasteiger partial charge in [-0.3, -0.25) is 0 Å². The third-order valence-corrected chi connectivity index (χ3v) is 6.54. The van der Waals surface area contributed by atoms with Crippen molar-refractivity contribution >= 4 is 43.4 Å². The average molecular weight is 503 g/mol. The summed E-state index contributed by atoms with van der Waals surface area (Å²) in [6.45, 7) is 2.08. The van der Waals surface area contributed by atoms with E-state index in [0.717, 1.165) is 59.1 Å². The Labute approximate surface area is 198 Å². The van der Waals surface area contributed by atoms with Gasteiger partial charge in [0, 0.05) is 31.9 Å². The smallest absolute Gasteiger partial charge is 0.210 e. The highest BCUT2D eigenvalue weighted by molar-refractivity contribution is 9.10. The quantitative estimate of drug-likeness (QED) is 0.255. The number of hydrogen-bond acceptors (Lipinski definition) is 5. The number of halogens is 1. The second-order valence-electron chi connectivity index (χ2n) is 7.24. The van der Waals surface area contributed by atoms with Crippen molar-refractivity contribution in [2.45, 2.75) is 6.92 Å². The minimum Gasteiger partial charge on any atom is -0.497 e. The fraction of sp³-hybridized carbons (Fsp3) is 0.0769. The number of nitrogens with zero attached hydrogens (tertiary/aromatic N) is 2. The van der Waals surface area contributed by atoms with Crippen LogP contribution >= 0.6 is 27.3 Å². The maximum Gasteiger partial charge on any atom is 0.210 e. The molecule has 0 aliphatic carbocycles. The van der Waals surface area contributed by atoms with Crippen LogP contribution in [-0.2, 0) is 0 Å². The summed E-state index contributed by atoms with van der Waals surface area (Å²) >= 11 is 5.08. The van der Waals surface area contributed by atoms with Crippen LogP contribution in [0.25, 0.3) is 33.6 Å². The first kappa shape index (κ1) is 20.7. The molecule has 6 heteroatoms. The molecule has 32 heavy (non-hydrogen) atoms. The van der Waals surface area contributed by atoms with E-state index >= 15 is 0 Å². The molecule has 0 spiro atoms. The highest BCUT2D eigenvalue weighted by Crippen LogP contribution is 2.32. The van der Waals surface area contributed by atoms with Gasteiger partial charge in [-0.05, 0) is 55.5 Å². The summed E-state index contributed by atoms with van der Waals surface area (Å²) in [6, 6.07) is 25.9. The Hall–Kier alpha value is -3.22. The monoisotopic (exact) mass is 502 g/mol. The molecule has 3 aromatic carbocycles. The van der Waals surface area contributed by atoms with E-state index in [4.69, 9.17) is 19.1 Å². The summed E-state index contributed by atoms with van der Waals surface area (Å²) in [5, 5.41) is 2.49. The van der Waals surface area contributed by atoms with Crippen LogP contribution < -0.4 is 10.1 Å². The van der Waals surface area contributed by atoms with Crippen LogP contribution in [0, 0.1) is 6.92 Å². The SMILES string of the molecule is COc1ccc(-c2c/c(=N\c3nc(-c4ccc(Br)cc4)c(C)s3)c3ccccc3o2)cc1. The number of methoxy groups -OCH3 is 1. The minimum atomic E-state index is 0.720. The predicted octanol–water partition coefficient (Wildman–Crippen LogP) is 7.54. The third kappa shape index (κ3) is 4.11. The van der Waals surface area contributed by atoms with Crippen LogP contribution in [0.3, 0.4) is 0 Å². The van der Waals surface area contributed by atoms with E-state index in [1.807, 2.05) is 66.7 Å². The fourth-order valence-electron chi connectivity index (χ4n) is 3.52. The van der Waals surface area contributed by atoms with E-state index < -0.39 is 0 Å². The lowest BCUT2D eigenvalue weighted by Crippen LogP contribution is -2.03. The van der Waals surface area contributed by atoms with Crippen molar-refractivity contribution in [2.75, 3.05) is 7.11 Å². The Kier molecular flexibility index (Phi) is 5.64. The molecule has 0 radical (unpaired) electrons. The molecule has 0 saturated carbocycles. The molecule has 0 aliphatic rings. The number of aryl methyl sites for hydroxylation is 1. The normalized spacial score (nSPS) is 11.8. The number of aromatic nitrogens is 1. The molecule has 0 atom stereocenters. The zero-order chi connectivity index (χ0) is 22.1. The first-order valence-electron chi connectivity index (χ1n) is 10.1. The molecule has 5 rings (SSSR count). The van der Waals surface area contributed by atoms with Gasteiger partial charge in [0.05, 0.1) is 18.2 Å². The molecule has 2 heterocycles. The van der Waals surface area contributed by atoms with Crippen LogP contribution in [-0.4, -0.2) is 12.1 Å². The van der Waals surface area contributed by atoms with Crippen LogP contribution in [0.5, 0.6) is 5.75 Å². The van der Waals surface area contributed by atoms with Gasteiger partial charge < -0.3 is 9.15 Å². The number of benzene rings is 3. The molecule has 0 unspecified atom stereocenters. The van der Waals surface area contributed by atoms with Crippen molar-refractivity contribution in [1.82, 2.24) is 4.98 Å². The van der Waals surface area contributed by atoms with Crippen molar-refractivity contribution in [1.29, 1.82) is 0 Å². The van der Waals surface area contributed by atoms with Crippen LogP contribution in [0.2, 0.25) is 0 Å². The van der Waals surface area contributed by atoms with Gasteiger partial charge in [0.1, 0.15) is 17.1 Å². The van der Waals surface area contributed by atoms with Crippen molar-refractivity contribution in [3.63, 3.8) is 0 Å². The molecule has 0 N–H and O–H groups in total. The molecule has 0 aliphatic heterocycles. The number of thiazole rings is 1. The number of rotatable bonds is 4. The van der Waals surface area contributed by atoms with E-state index in [1.165, 1.54) is 0 Å². The predicted molar refractivity (Wildman–Crippen MR) is 133 cm³/mol. The lowest BCUT2D eigenvalue weighted by Gasteiger charge is -2.06. The Morgan fingerprint density at radius 1 is 0.938 bits per heavy atom. The molecule has 4 nitrogen and oxygen atoms in total. The standard InChI is InChI=1S/C26H19BrN2O2S/c1-16-25(18-7-11-19(27)12-8-18)29-26(32-16)28-22-15-24(17-9-13-20(30-2)14-10-17)31-23-6-4-3-5-21(22)23/h3-15H,1-2H3/b28-22+. The van der Waals surface area contributed by atoms with Crippen molar-refractivity contribution < 1.29 is 9.15 Å². The summed E-state index contributed by atoms with van der Waals surface area (Å²) in [5.41, 5.74) is 3.77. The van der Waals surface area contributed by atoms with Gasteiger partial charge in [-0.2, -0.15) is 0 Å². The van der Waals surface area contributed by atoms with Gasteiger partial charge in [-0.25, -0.2) is 9.98 Å². The molecule has 5 aromatic rings. The van der Waals surface area contributed by atoms with Crippen molar-refractivity contribution in [2.24, 2.45) is 4.99 Å². The fourth-order valence-corrected chi connectivity index (χ4v) is 4.60. The number of hydrogen-bond donors (Lipinski definition) is 0. The zero-order valence-electron chi connectivity index (χ0n) is 17.5. The maximum atomic E-state index is 6.19. The molecular weight excluding hydrogens is 484 g/mol. The summed E-state index contributed by atoms with van der Waals surface area (Å²) in [5.74, 6) is 1.55. The van der Waals surface area contributed by atoms with Crippen LogP contribution in [0.15, 0.2) is 92.7 Å². The highest BCUT2D eigenvalue weighted by atomic mass is 79.9. The molecule has 158 valence electrons. The minimum absolute atomic E-state index is 0.720. The van der Waals surface area contributed by atoms with Gasteiger partial charge in [0.2, 0.25) is 5.13 Å². The van der Waals surface area contributed by atoms with Crippen molar-refractivity contribution in [3.05, 3.63) is 93.6 Å². The Morgan fingerprint density at radius 2 is 1.66 bits per heavy atom. The average Bonchev–Trinajstić information content (AvgIpc) is 3.19. The van der Waals surface area contributed by atoms with Gasteiger partial charge in [0.25, 0.3) is 0 Å². The first-order valence-corrected chi connectivity index (χ1v) is 11.7. The van der Waals surface area contributed by atoms with Crippen molar-refractivity contribution in [3.8, 4) is 28.3 Å². The lowest BCUT2D eigenvalue weighted by atomic mass is 10.1. The lowest BCUT2D eigenvalue weighted by molar-refractivity contribution is 0.415. The molecular formula is C26H19BrN2O2S. The van der Waals surface area contributed by atoms with E-state index in [9.17, 15) is 0 Å². The van der Waals surface area contributed by atoms with E-state index in [-0.39, 0.29) is 0 Å². The Bertz CT molecular complexity index is 1470. The van der Waals surface area contributed by atoms with E-state index in [0.29, 0.717) is 0 Å². The Balaban J connectivity index is 1.64. The molecule has 0 amide bonds. The highest BCUT2D eigenvalue weighted by Gasteiger charge is 2.11. The topological polar surface area (TPSA) is 47.6 Å². The van der Waals surface area contributed by atoms with Gasteiger partial charge in [-0.15, -0.1) is 0 Å². The summed E-state index contributed by atoms with van der Waals surface area (Å²) in [6.07, 6.45) is 0. The molecule has 0 bridgehead atoms. The zero-order valence-corrected chi connectivity index (χ0v) is 19.9. The van der Waals surface area contributed by atoms with E-state index in [2.05, 4.69) is 35.0 Å². The maximum absolute atomic E-state index is 6.19. The summed E-state index contributed by atoms with van der Waals surface area (Å²) < 4.78 is 12.5. The van der Waals surface area contributed by atoms with E-state index in [1.54, 1.807) is 18.4 Å². The number of fused-ring (bicyclic) bond motifs is 1. The number of ether oxygens (including phenoxy) is 1. The molecule has 2 aromatic heterocycles. The second-order valence-corrected chi connectivity index (χ2v) is 9.34. The second kappa shape index (κ2) is 8.73. The Morgan fingerprint density at radius 3 is 2.41 bits per heavy atom. The van der Waals surface area contributed by atoms with Gasteiger partial charge >= 0.3 is 0 Å². The van der Waals surface area contributed by atoms with Gasteiger partial charge in [0.15, 0.2) is 0 Å². The molecule has 0 saturated heterocycles. The number of para-hydroxylation sites is 1. The molecule has 0 fully saturated rings. The largest absolute Gasteiger partial charge is 0.497 e.